The summed E-state index contributed by atoms with van der Waals surface area (Å²) in [7, 11) is 0. The van der Waals surface area contributed by atoms with Crippen molar-refractivity contribution in [2.75, 3.05) is 0 Å². The molecule has 1 unspecified atom stereocenters. The van der Waals surface area contributed by atoms with Gasteiger partial charge in [0.2, 0.25) is 0 Å². The molecule has 0 radical (unpaired) electrons. The minimum atomic E-state index is -0.409. The van der Waals surface area contributed by atoms with Gasteiger partial charge < -0.3 is 0 Å². The van der Waals surface area contributed by atoms with Gasteiger partial charge in [0.1, 0.15) is 5.82 Å². The van der Waals surface area contributed by atoms with Gasteiger partial charge in [-0.1, -0.05) is 54.0 Å². The Morgan fingerprint density at radius 1 is 1.20 bits per heavy atom. The molecule has 0 N–H and O–H groups in total. The number of hydrogen-bond donors (Lipinski definition) is 0. The molecule has 3 heteroatoms. The van der Waals surface area contributed by atoms with Gasteiger partial charge in [-0.25, -0.2) is 4.39 Å². The quantitative estimate of drug-likeness (QED) is 0.690. The van der Waals surface area contributed by atoms with Crippen LogP contribution in [-0.4, -0.2) is 5.78 Å². The summed E-state index contributed by atoms with van der Waals surface area (Å²) < 4.78 is 13.9. The van der Waals surface area contributed by atoms with Crippen LogP contribution in [-0.2, 0) is 0 Å². The summed E-state index contributed by atoms with van der Waals surface area (Å²) in [6.07, 6.45) is 1.06. The van der Waals surface area contributed by atoms with Crippen LogP contribution in [0, 0.1) is 5.82 Å². The Kier molecular flexibility index (Phi) is 4.71. The molecule has 0 spiro atoms. The first kappa shape index (κ1) is 14.9. The minimum absolute atomic E-state index is 0.174. The largest absolute Gasteiger partial charge is 0.289 e. The molecule has 0 fully saturated rings. The lowest BCUT2D eigenvalue weighted by Crippen LogP contribution is -2.03. The van der Waals surface area contributed by atoms with E-state index in [9.17, 15) is 9.18 Å². The maximum absolute atomic E-state index is 13.3. The molecule has 0 aliphatic rings. The van der Waals surface area contributed by atoms with Gasteiger partial charge in [-0.05, 0) is 36.1 Å². The Morgan fingerprint density at radius 3 is 2.45 bits per heavy atom. The number of carbonyl (C=O) groups excluding carboxylic acids is 1. The Hall–Kier alpha value is -1.48. The van der Waals surface area contributed by atoms with E-state index in [2.05, 4.69) is 29.8 Å². The Labute approximate surface area is 127 Å². The van der Waals surface area contributed by atoms with Crippen molar-refractivity contribution in [1.29, 1.82) is 0 Å². The van der Waals surface area contributed by atoms with Gasteiger partial charge in [-0.3, -0.25) is 4.79 Å². The highest BCUT2D eigenvalue weighted by Gasteiger charge is 2.14. The lowest BCUT2D eigenvalue weighted by molar-refractivity contribution is 0.103. The fourth-order valence-corrected chi connectivity index (χ4v) is 2.45. The molecule has 0 heterocycles. The zero-order chi connectivity index (χ0) is 14.7. The Balaban J connectivity index is 2.32. The lowest BCUT2D eigenvalue weighted by Gasteiger charge is -2.10. The molecule has 2 aromatic carbocycles. The monoisotopic (exact) mass is 334 g/mol. The van der Waals surface area contributed by atoms with E-state index in [4.69, 9.17) is 0 Å². The predicted molar refractivity (Wildman–Crippen MR) is 82.7 cm³/mol. The smallest absolute Gasteiger partial charge is 0.194 e. The van der Waals surface area contributed by atoms with Crippen LogP contribution in [0.1, 0.15) is 47.7 Å². The Bertz CT molecular complexity index is 619. The first-order valence-electron chi connectivity index (χ1n) is 6.62. The molecule has 0 aliphatic heterocycles. The van der Waals surface area contributed by atoms with Gasteiger partial charge in [-0.2, -0.15) is 0 Å². The van der Waals surface area contributed by atoms with Gasteiger partial charge in [0.15, 0.2) is 5.78 Å². The van der Waals surface area contributed by atoms with Crippen LogP contribution in [0.2, 0.25) is 0 Å². The van der Waals surface area contributed by atoms with E-state index in [1.54, 1.807) is 18.2 Å². The standard InChI is InChI=1S/C17H16BrFO/c1-3-11(2)12-4-6-13(7-5-12)17(20)15-10-14(19)8-9-16(15)18/h4-11H,3H2,1-2H3. The van der Waals surface area contributed by atoms with Gasteiger partial charge in [0, 0.05) is 15.6 Å². The van der Waals surface area contributed by atoms with Gasteiger partial charge in [-0.15, -0.1) is 0 Å². The predicted octanol–water partition coefficient (Wildman–Crippen LogP) is 5.33. The van der Waals surface area contributed by atoms with Crippen molar-refractivity contribution >= 4 is 21.7 Å². The molecular formula is C17H16BrFO. The van der Waals surface area contributed by atoms with Crippen LogP contribution in [0.5, 0.6) is 0 Å². The highest BCUT2D eigenvalue weighted by atomic mass is 79.9. The zero-order valence-corrected chi connectivity index (χ0v) is 13.1. The molecule has 0 amide bonds. The van der Waals surface area contributed by atoms with Crippen molar-refractivity contribution in [3.8, 4) is 0 Å². The summed E-state index contributed by atoms with van der Waals surface area (Å²) in [5.41, 5.74) is 2.13. The fourth-order valence-electron chi connectivity index (χ4n) is 2.03. The second-order valence-electron chi connectivity index (χ2n) is 4.88. The maximum Gasteiger partial charge on any atom is 0.194 e. The van der Waals surface area contributed by atoms with Crippen molar-refractivity contribution in [2.45, 2.75) is 26.2 Å². The zero-order valence-electron chi connectivity index (χ0n) is 11.5. The molecule has 0 saturated carbocycles. The van der Waals surface area contributed by atoms with Crippen molar-refractivity contribution in [2.24, 2.45) is 0 Å². The SMILES string of the molecule is CCC(C)c1ccc(C(=O)c2cc(F)ccc2Br)cc1. The number of rotatable bonds is 4. The normalized spacial score (nSPS) is 12.2. The van der Waals surface area contributed by atoms with E-state index in [-0.39, 0.29) is 5.78 Å². The number of ketones is 1. The van der Waals surface area contributed by atoms with E-state index in [1.165, 1.54) is 17.7 Å². The second kappa shape index (κ2) is 6.31. The number of hydrogen-bond acceptors (Lipinski definition) is 1. The Morgan fingerprint density at radius 2 is 1.85 bits per heavy atom. The summed E-state index contributed by atoms with van der Waals surface area (Å²) in [6, 6.07) is 11.7. The van der Waals surface area contributed by atoms with Crippen molar-refractivity contribution in [3.05, 3.63) is 69.4 Å². The minimum Gasteiger partial charge on any atom is -0.289 e. The van der Waals surface area contributed by atoms with Crippen molar-refractivity contribution in [3.63, 3.8) is 0 Å². The van der Waals surface area contributed by atoms with Crippen LogP contribution in [0.3, 0.4) is 0 Å². The highest BCUT2D eigenvalue weighted by molar-refractivity contribution is 9.10. The maximum atomic E-state index is 13.3. The number of halogens is 2. The lowest BCUT2D eigenvalue weighted by atomic mass is 9.95. The molecule has 2 rings (SSSR count). The summed E-state index contributed by atoms with van der Waals surface area (Å²) in [4.78, 5) is 12.4. The molecule has 1 atom stereocenters. The third-order valence-electron chi connectivity index (χ3n) is 3.53. The third-order valence-corrected chi connectivity index (χ3v) is 4.22. The molecular weight excluding hydrogens is 319 g/mol. The molecule has 1 nitrogen and oxygen atoms in total. The number of carbonyl (C=O) groups is 1. The van der Waals surface area contributed by atoms with E-state index < -0.39 is 5.82 Å². The number of benzene rings is 2. The topological polar surface area (TPSA) is 17.1 Å². The van der Waals surface area contributed by atoms with Crippen LogP contribution in [0.4, 0.5) is 4.39 Å². The first-order chi connectivity index (χ1) is 9.52. The van der Waals surface area contributed by atoms with Crippen LogP contribution in [0.15, 0.2) is 46.9 Å². The molecule has 2 aromatic rings. The molecule has 20 heavy (non-hydrogen) atoms. The molecule has 0 aliphatic carbocycles. The average Bonchev–Trinajstić information content (AvgIpc) is 2.48. The van der Waals surface area contributed by atoms with E-state index in [1.807, 2.05) is 12.1 Å². The second-order valence-corrected chi connectivity index (χ2v) is 5.74. The van der Waals surface area contributed by atoms with Crippen molar-refractivity contribution < 1.29 is 9.18 Å². The molecule has 104 valence electrons. The fraction of sp³-hybridized carbons (Fsp3) is 0.235. The van der Waals surface area contributed by atoms with Gasteiger partial charge in [0.25, 0.3) is 0 Å². The summed E-state index contributed by atoms with van der Waals surface area (Å²) in [5, 5.41) is 0. The van der Waals surface area contributed by atoms with Gasteiger partial charge >= 0.3 is 0 Å². The van der Waals surface area contributed by atoms with Crippen LogP contribution in [0.25, 0.3) is 0 Å². The first-order valence-corrected chi connectivity index (χ1v) is 7.42. The van der Waals surface area contributed by atoms with Crippen molar-refractivity contribution in [1.82, 2.24) is 0 Å². The van der Waals surface area contributed by atoms with Crippen LogP contribution < -0.4 is 0 Å². The summed E-state index contributed by atoms with van der Waals surface area (Å²) in [5.74, 6) is -0.111. The van der Waals surface area contributed by atoms with Gasteiger partial charge in [0.05, 0.1) is 0 Å². The summed E-state index contributed by atoms with van der Waals surface area (Å²) >= 11 is 3.29. The molecule has 0 saturated heterocycles. The summed E-state index contributed by atoms with van der Waals surface area (Å²) in [6.45, 7) is 4.29. The molecule has 0 bridgehead atoms. The van der Waals surface area contributed by atoms with E-state index in [0.717, 1.165) is 6.42 Å². The van der Waals surface area contributed by atoms with E-state index >= 15 is 0 Å². The average molecular weight is 335 g/mol. The molecule has 0 aromatic heterocycles. The van der Waals surface area contributed by atoms with Crippen LogP contribution >= 0.6 is 15.9 Å². The van der Waals surface area contributed by atoms with E-state index in [0.29, 0.717) is 21.5 Å². The third kappa shape index (κ3) is 3.15. The highest BCUT2D eigenvalue weighted by Crippen LogP contribution is 2.23.